The monoisotopic (exact) mass is 540 g/mol. The zero-order valence-electron chi connectivity index (χ0n) is 22.6. The Morgan fingerprint density at radius 1 is 0.632 bits per heavy atom. The normalized spacial score (nSPS) is 17.6. The van der Waals surface area contributed by atoms with Crippen molar-refractivity contribution in [3.8, 4) is 11.1 Å². The smallest absolute Gasteiger partial charge is 0.142 e. The van der Waals surface area contributed by atoms with Crippen LogP contribution in [0.3, 0.4) is 0 Å². The summed E-state index contributed by atoms with van der Waals surface area (Å²) in [6, 6.07) is 15.9. The quantitative estimate of drug-likeness (QED) is 0.200. The molecule has 204 valence electrons. The Balaban J connectivity index is 1.20. The van der Waals surface area contributed by atoms with Gasteiger partial charge in [0.05, 0.1) is 10.6 Å². The molecule has 0 saturated heterocycles. The third-order valence-electron chi connectivity index (χ3n) is 8.30. The third-order valence-corrected chi connectivity index (χ3v) is 8.61. The van der Waals surface area contributed by atoms with Gasteiger partial charge in [0.25, 0.3) is 0 Å². The van der Waals surface area contributed by atoms with Crippen molar-refractivity contribution in [2.45, 2.75) is 90.4 Å². The lowest BCUT2D eigenvalue weighted by Crippen LogP contribution is -2.16. The van der Waals surface area contributed by atoms with E-state index in [9.17, 15) is 13.2 Å². The van der Waals surface area contributed by atoms with Crippen LogP contribution in [0.2, 0.25) is 5.02 Å². The Bertz CT molecular complexity index is 1140. The summed E-state index contributed by atoms with van der Waals surface area (Å²) in [4.78, 5) is 0. The average molecular weight is 541 g/mol. The average Bonchev–Trinajstić information content (AvgIpc) is 2.91. The summed E-state index contributed by atoms with van der Waals surface area (Å²) in [7, 11) is 0. The Morgan fingerprint density at radius 2 is 1.18 bits per heavy atom. The second-order valence-corrected chi connectivity index (χ2v) is 11.6. The predicted molar refractivity (Wildman–Crippen MR) is 153 cm³/mol. The fraction of sp³-hybridized carbons (Fsp3) is 0.471. The molecule has 0 aromatic heterocycles. The molecule has 1 fully saturated rings. The van der Waals surface area contributed by atoms with Crippen LogP contribution in [0, 0.1) is 29.3 Å². The molecule has 4 rings (SSSR count). The van der Waals surface area contributed by atoms with Crippen LogP contribution in [0.1, 0.15) is 87.8 Å². The van der Waals surface area contributed by atoms with Crippen LogP contribution in [0.5, 0.6) is 0 Å². The van der Waals surface area contributed by atoms with Gasteiger partial charge in [-0.3, -0.25) is 0 Å². The highest BCUT2D eigenvalue weighted by atomic mass is 35.5. The lowest BCUT2D eigenvalue weighted by molar-refractivity contribution is 0.253. The standard InChI is InChI=1S/C34H40ClF3/c1-2-3-4-5-6-24-7-9-25(10-8-24)11-12-26-13-15-27(16-14-26)17-18-28-21-32(37)34(33(38)22-28)29-19-20-30(35)31(36)23-29/h7-10,19-23,26-27H,2-6,11-18H2,1H3/t26-,27-. The van der Waals surface area contributed by atoms with Crippen molar-refractivity contribution in [2.75, 3.05) is 0 Å². The number of aryl methyl sites for hydroxylation is 3. The van der Waals surface area contributed by atoms with Crippen molar-refractivity contribution >= 4 is 11.6 Å². The van der Waals surface area contributed by atoms with Crippen molar-refractivity contribution in [1.29, 1.82) is 0 Å². The summed E-state index contributed by atoms with van der Waals surface area (Å²) in [5.41, 5.74) is 3.52. The van der Waals surface area contributed by atoms with Gasteiger partial charge < -0.3 is 0 Å². The molecule has 0 unspecified atom stereocenters. The van der Waals surface area contributed by atoms with E-state index in [1.54, 1.807) is 0 Å². The second kappa shape index (κ2) is 14.2. The summed E-state index contributed by atoms with van der Waals surface area (Å²) in [5, 5.41) is -0.0666. The Labute approximate surface area is 231 Å². The van der Waals surface area contributed by atoms with Gasteiger partial charge in [-0.1, -0.05) is 93.8 Å². The SMILES string of the molecule is CCCCCCc1ccc(CC[C@H]2CC[C@H](CCc3cc(F)c(-c4ccc(Cl)c(F)c4)c(F)c3)CC2)cc1. The first kappa shape index (κ1) is 28.7. The maximum atomic E-state index is 14.8. The van der Waals surface area contributed by atoms with Crippen LogP contribution < -0.4 is 0 Å². The summed E-state index contributed by atoms with van der Waals surface area (Å²) in [6.45, 7) is 2.25. The fourth-order valence-electron chi connectivity index (χ4n) is 5.88. The summed E-state index contributed by atoms with van der Waals surface area (Å²) < 4.78 is 43.4. The van der Waals surface area contributed by atoms with Crippen molar-refractivity contribution in [1.82, 2.24) is 0 Å². The molecule has 4 heteroatoms. The molecule has 0 spiro atoms. The molecular weight excluding hydrogens is 501 g/mol. The lowest BCUT2D eigenvalue weighted by Gasteiger charge is -2.28. The minimum Gasteiger partial charge on any atom is -0.206 e. The van der Waals surface area contributed by atoms with E-state index in [0.29, 0.717) is 17.9 Å². The van der Waals surface area contributed by atoms with E-state index in [2.05, 4.69) is 31.2 Å². The van der Waals surface area contributed by atoms with Gasteiger partial charge in [0.1, 0.15) is 17.5 Å². The lowest BCUT2D eigenvalue weighted by atomic mass is 9.77. The zero-order valence-corrected chi connectivity index (χ0v) is 23.3. The first-order chi connectivity index (χ1) is 18.4. The van der Waals surface area contributed by atoms with Gasteiger partial charge in [0, 0.05) is 0 Å². The van der Waals surface area contributed by atoms with E-state index in [1.807, 2.05) is 0 Å². The predicted octanol–water partition coefficient (Wildman–Crippen LogP) is 10.9. The van der Waals surface area contributed by atoms with E-state index in [1.165, 1.54) is 99.6 Å². The molecule has 0 bridgehead atoms. The zero-order chi connectivity index (χ0) is 26.9. The van der Waals surface area contributed by atoms with E-state index in [0.717, 1.165) is 24.8 Å². The molecule has 0 radical (unpaired) electrons. The van der Waals surface area contributed by atoms with E-state index in [-0.39, 0.29) is 16.1 Å². The number of benzene rings is 3. The Morgan fingerprint density at radius 3 is 1.74 bits per heavy atom. The van der Waals surface area contributed by atoms with Crippen molar-refractivity contribution in [3.63, 3.8) is 0 Å². The van der Waals surface area contributed by atoms with Crippen LogP contribution in [0.15, 0.2) is 54.6 Å². The van der Waals surface area contributed by atoms with Crippen LogP contribution >= 0.6 is 11.6 Å². The highest BCUT2D eigenvalue weighted by molar-refractivity contribution is 6.30. The molecule has 0 nitrogen and oxygen atoms in total. The molecule has 0 aliphatic heterocycles. The molecule has 0 atom stereocenters. The maximum absolute atomic E-state index is 14.8. The van der Waals surface area contributed by atoms with E-state index >= 15 is 0 Å². The fourth-order valence-corrected chi connectivity index (χ4v) is 5.99. The van der Waals surface area contributed by atoms with Crippen molar-refractivity contribution < 1.29 is 13.2 Å². The van der Waals surface area contributed by atoms with Crippen molar-refractivity contribution in [3.05, 3.63) is 93.8 Å². The summed E-state index contributed by atoms with van der Waals surface area (Å²) >= 11 is 5.71. The molecule has 1 aliphatic rings. The molecule has 38 heavy (non-hydrogen) atoms. The molecule has 3 aromatic carbocycles. The molecule has 0 heterocycles. The largest absolute Gasteiger partial charge is 0.206 e. The van der Waals surface area contributed by atoms with Crippen LogP contribution in [0.4, 0.5) is 13.2 Å². The molecule has 1 saturated carbocycles. The van der Waals surface area contributed by atoms with Crippen molar-refractivity contribution in [2.24, 2.45) is 11.8 Å². The molecule has 0 amide bonds. The molecular formula is C34H40ClF3. The van der Waals surface area contributed by atoms with Gasteiger partial charge in [0.2, 0.25) is 0 Å². The molecule has 3 aromatic rings. The van der Waals surface area contributed by atoms with E-state index in [4.69, 9.17) is 11.6 Å². The maximum Gasteiger partial charge on any atom is 0.142 e. The number of rotatable bonds is 12. The first-order valence-electron chi connectivity index (χ1n) is 14.4. The second-order valence-electron chi connectivity index (χ2n) is 11.2. The number of halogens is 4. The molecule has 0 N–H and O–H groups in total. The van der Waals surface area contributed by atoms with Gasteiger partial charge >= 0.3 is 0 Å². The minimum absolute atomic E-state index is 0.0666. The van der Waals surface area contributed by atoms with Crippen LogP contribution in [-0.4, -0.2) is 0 Å². The van der Waals surface area contributed by atoms with Gasteiger partial charge in [-0.05, 0) is 96.9 Å². The van der Waals surface area contributed by atoms with Crippen LogP contribution in [-0.2, 0) is 19.3 Å². The van der Waals surface area contributed by atoms with E-state index < -0.39 is 17.5 Å². The highest BCUT2D eigenvalue weighted by Crippen LogP contribution is 2.35. The van der Waals surface area contributed by atoms with Gasteiger partial charge in [0.15, 0.2) is 0 Å². The summed E-state index contributed by atoms with van der Waals surface area (Å²) in [6.07, 6.45) is 15.3. The Kier molecular flexibility index (Phi) is 10.8. The number of unbranched alkanes of at least 4 members (excludes halogenated alkanes) is 3. The summed E-state index contributed by atoms with van der Waals surface area (Å²) in [5.74, 6) is -0.623. The van der Waals surface area contributed by atoms with Gasteiger partial charge in [-0.15, -0.1) is 0 Å². The molecule has 1 aliphatic carbocycles. The van der Waals surface area contributed by atoms with Gasteiger partial charge in [-0.2, -0.15) is 0 Å². The van der Waals surface area contributed by atoms with Crippen LogP contribution in [0.25, 0.3) is 11.1 Å². The number of hydrogen-bond donors (Lipinski definition) is 0. The number of hydrogen-bond acceptors (Lipinski definition) is 0. The minimum atomic E-state index is -0.686. The van der Waals surface area contributed by atoms with Gasteiger partial charge in [-0.25, -0.2) is 13.2 Å². The first-order valence-corrected chi connectivity index (χ1v) is 14.8. The third kappa shape index (κ3) is 8.12. The Hall–Kier alpha value is -2.26. The highest BCUT2D eigenvalue weighted by Gasteiger charge is 2.22. The topological polar surface area (TPSA) is 0 Å².